The molecule has 0 aliphatic rings. The predicted octanol–water partition coefficient (Wildman–Crippen LogP) is 1.56. The van der Waals surface area contributed by atoms with Gasteiger partial charge in [-0.2, -0.15) is 0 Å². The summed E-state index contributed by atoms with van der Waals surface area (Å²) in [4.78, 5) is 9.45. The van der Waals surface area contributed by atoms with Gasteiger partial charge in [-0.05, 0) is 13.0 Å². The van der Waals surface area contributed by atoms with E-state index < -0.39 is 0 Å². The van der Waals surface area contributed by atoms with Crippen molar-refractivity contribution >= 4 is 17.2 Å². The standard InChI is InChI=1S/C12H14N4O2S/c1-8-10(19-7-15-8)3-5-18-11-6-9(2-4-14-11)12(13)16-17/h2,4,6-7,17H,3,5H2,1H3,(H2,13,16). The highest BCUT2D eigenvalue weighted by molar-refractivity contribution is 7.09. The molecule has 2 rings (SSSR count). The van der Waals surface area contributed by atoms with Crippen LogP contribution in [-0.2, 0) is 6.42 Å². The highest BCUT2D eigenvalue weighted by Gasteiger charge is 2.04. The number of rotatable bonds is 5. The van der Waals surface area contributed by atoms with Crippen LogP contribution in [0, 0.1) is 6.92 Å². The Morgan fingerprint density at radius 2 is 2.37 bits per heavy atom. The van der Waals surface area contributed by atoms with E-state index in [1.54, 1.807) is 29.7 Å². The molecule has 0 saturated carbocycles. The fraction of sp³-hybridized carbons (Fsp3) is 0.250. The van der Waals surface area contributed by atoms with Crippen LogP contribution in [0.2, 0.25) is 0 Å². The minimum Gasteiger partial charge on any atom is -0.477 e. The van der Waals surface area contributed by atoms with Gasteiger partial charge in [0.25, 0.3) is 0 Å². The van der Waals surface area contributed by atoms with Gasteiger partial charge in [0.1, 0.15) is 0 Å². The maximum Gasteiger partial charge on any atom is 0.213 e. The first-order valence-corrected chi connectivity index (χ1v) is 6.54. The number of aryl methyl sites for hydroxylation is 1. The van der Waals surface area contributed by atoms with E-state index in [4.69, 9.17) is 15.7 Å². The van der Waals surface area contributed by atoms with Crippen molar-refractivity contribution in [3.05, 3.63) is 40.0 Å². The van der Waals surface area contributed by atoms with Crippen LogP contribution in [0.4, 0.5) is 0 Å². The highest BCUT2D eigenvalue weighted by atomic mass is 32.1. The molecular formula is C12H14N4O2S. The molecule has 2 heterocycles. The molecule has 100 valence electrons. The molecule has 0 atom stereocenters. The fourth-order valence-electron chi connectivity index (χ4n) is 1.52. The van der Waals surface area contributed by atoms with Crippen LogP contribution < -0.4 is 10.5 Å². The molecule has 0 bridgehead atoms. The lowest BCUT2D eigenvalue weighted by atomic mass is 10.2. The second kappa shape index (κ2) is 6.14. The van der Waals surface area contributed by atoms with Gasteiger partial charge in [-0.25, -0.2) is 9.97 Å². The van der Waals surface area contributed by atoms with Gasteiger partial charge in [0.15, 0.2) is 5.84 Å². The van der Waals surface area contributed by atoms with Gasteiger partial charge in [-0.1, -0.05) is 5.16 Å². The molecule has 0 aliphatic carbocycles. The number of nitrogens with zero attached hydrogens (tertiary/aromatic N) is 3. The second-order valence-corrected chi connectivity index (χ2v) is 4.77. The third-order valence-electron chi connectivity index (χ3n) is 2.56. The third-order valence-corrected chi connectivity index (χ3v) is 3.56. The molecule has 0 aromatic carbocycles. The smallest absolute Gasteiger partial charge is 0.213 e. The Labute approximate surface area is 114 Å². The molecule has 0 amide bonds. The van der Waals surface area contributed by atoms with Crippen LogP contribution in [0.25, 0.3) is 0 Å². The Morgan fingerprint density at radius 3 is 3.05 bits per heavy atom. The molecule has 0 saturated heterocycles. The predicted molar refractivity (Wildman–Crippen MR) is 72.8 cm³/mol. The first kappa shape index (κ1) is 13.3. The molecular weight excluding hydrogens is 264 g/mol. The number of hydrogen-bond donors (Lipinski definition) is 2. The van der Waals surface area contributed by atoms with Crippen molar-refractivity contribution in [3.63, 3.8) is 0 Å². The zero-order valence-corrected chi connectivity index (χ0v) is 11.2. The Hall–Kier alpha value is -2.15. The molecule has 2 aromatic heterocycles. The van der Waals surface area contributed by atoms with Gasteiger partial charge < -0.3 is 15.7 Å². The maximum atomic E-state index is 8.61. The van der Waals surface area contributed by atoms with Gasteiger partial charge in [0.05, 0.1) is 17.8 Å². The molecule has 0 aliphatic heterocycles. The Balaban J connectivity index is 1.95. The summed E-state index contributed by atoms with van der Waals surface area (Å²) in [5.41, 5.74) is 8.93. The molecule has 7 heteroatoms. The highest BCUT2D eigenvalue weighted by Crippen LogP contribution is 2.14. The second-order valence-electron chi connectivity index (χ2n) is 3.83. The summed E-state index contributed by atoms with van der Waals surface area (Å²) in [5, 5.41) is 11.5. The zero-order chi connectivity index (χ0) is 13.7. The van der Waals surface area contributed by atoms with Crippen LogP contribution in [0.5, 0.6) is 5.88 Å². The summed E-state index contributed by atoms with van der Waals surface area (Å²) in [6, 6.07) is 3.28. The maximum absolute atomic E-state index is 8.61. The van der Waals surface area contributed by atoms with E-state index in [1.165, 1.54) is 4.88 Å². The van der Waals surface area contributed by atoms with Crippen LogP contribution in [0.3, 0.4) is 0 Å². The van der Waals surface area contributed by atoms with Crippen molar-refractivity contribution in [2.24, 2.45) is 10.9 Å². The van der Waals surface area contributed by atoms with Crippen LogP contribution >= 0.6 is 11.3 Å². The normalized spacial score (nSPS) is 11.5. The molecule has 0 fully saturated rings. The molecule has 6 nitrogen and oxygen atoms in total. The molecule has 19 heavy (non-hydrogen) atoms. The van der Waals surface area contributed by atoms with Gasteiger partial charge in [-0.15, -0.1) is 11.3 Å². The first-order valence-electron chi connectivity index (χ1n) is 5.66. The van der Waals surface area contributed by atoms with Gasteiger partial charge in [0.2, 0.25) is 5.88 Å². The molecule has 0 radical (unpaired) electrons. The van der Waals surface area contributed by atoms with E-state index >= 15 is 0 Å². The van der Waals surface area contributed by atoms with Crippen molar-refractivity contribution in [2.75, 3.05) is 6.61 Å². The van der Waals surface area contributed by atoms with E-state index in [0.717, 1.165) is 12.1 Å². The summed E-state index contributed by atoms with van der Waals surface area (Å²) in [6.45, 7) is 2.48. The SMILES string of the molecule is Cc1ncsc1CCOc1cc(/C(N)=N/O)ccn1. The number of oxime groups is 1. The fourth-order valence-corrected chi connectivity index (χ4v) is 2.28. The average molecular weight is 278 g/mol. The van der Waals surface area contributed by atoms with E-state index in [9.17, 15) is 0 Å². The Morgan fingerprint density at radius 1 is 1.53 bits per heavy atom. The lowest BCUT2D eigenvalue weighted by molar-refractivity contribution is 0.310. The average Bonchev–Trinajstić information content (AvgIpc) is 2.84. The quantitative estimate of drug-likeness (QED) is 0.375. The molecule has 3 N–H and O–H groups in total. The van der Waals surface area contributed by atoms with Gasteiger partial charge >= 0.3 is 0 Å². The summed E-state index contributed by atoms with van der Waals surface area (Å²) < 4.78 is 5.55. The first-order chi connectivity index (χ1) is 9.20. The minimum atomic E-state index is 0.0329. The molecule has 0 spiro atoms. The monoisotopic (exact) mass is 278 g/mol. The van der Waals surface area contributed by atoms with Gasteiger partial charge in [-0.3, -0.25) is 0 Å². The van der Waals surface area contributed by atoms with Crippen molar-refractivity contribution in [3.8, 4) is 5.88 Å². The summed E-state index contributed by atoms with van der Waals surface area (Å²) >= 11 is 1.61. The largest absolute Gasteiger partial charge is 0.477 e. The summed E-state index contributed by atoms with van der Waals surface area (Å²) in [5.74, 6) is 0.483. The van der Waals surface area contributed by atoms with Crippen molar-refractivity contribution in [1.82, 2.24) is 9.97 Å². The van der Waals surface area contributed by atoms with Crippen molar-refractivity contribution < 1.29 is 9.94 Å². The zero-order valence-electron chi connectivity index (χ0n) is 10.4. The van der Waals surface area contributed by atoms with Crippen LogP contribution in [-0.4, -0.2) is 27.6 Å². The number of ether oxygens (including phenoxy) is 1. The Kier molecular flexibility index (Phi) is 4.30. The van der Waals surface area contributed by atoms with Crippen LogP contribution in [0.15, 0.2) is 29.0 Å². The van der Waals surface area contributed by atoms with Crippen LogP contribution in [0.1, 0.15) is 16.1 Å². The number of amidine groups is 1. The summed E-state index contributed by atoms with van der Waals surface area (Å²) in [7, 11) is 0. The number of pyridine rings is 1. The van der Waals surface area contributed by atoms with E-state index in [1.807, 2.05) is 12.4 Å². The summed E-state index contributed by atoms with van der Waals surface area (Å²) in [6.07, 6.45) is 2.34. The van der Waals surface area contributed by atoms with E-state index in [0.29, 0.717) is 18.1 Å². The van der Waals surface area contributed by atoms with Crippen molar-refractivity contribution in [2.45, 2.75) is 13.3 Å². The Bertz CT molecular complexity index is 583. The molecule has 0 unspecified atom stereocenters. The van der Waals surface area contributed by atoms with E-state index in [2.05, 4.69) is 15.1 Å². The lowest BCUT2D eigenvalue weighted by Gasteiger charge is -2.06. The van der Waals surface area contributed by atoms with Gasteiger partial charge in [0, 0.05) is 29.1 Å². The minimum absolute atomic E-state index is 0.0329. The number of thiazole rings is 1. The number of hydrogen-bond acceptors (Lipinski definition) is 6. The van der Waals surface area contributed by atoms with Crippen molar-refractivity contribution in [1.29, 1.82) is 0 Å². The topological polar surface area (TPSA) is 93.6 Å². The number of aromatic nitrogens is 2. The lowest BCUT2D eigenvalue weighted by Crippen LogP contribution is -2.13. The number of nitrogens with two attached hydrogens (primary N) is 1. The van der Waals surface area contributed by atoms with E-state index in [-0.39, 0.29) is 5.84 Å². The molecule has 2 aromatic rings. The third kappa shape index (κ3) is 3.41.